The normalized spacial score (nSPS) is 12.8. The van der Waals surface area contributed by atoms with Crippen molar-refractivity contribution in [2.24, 2.45) is 5.73 Å². The quantitative estimate of drug-likeness (QED) is 0.785. The number of hydrogen-bond donors (Lipinski definition) is 1. The Balaban J connectivity index is 2.49. The molecule has 0 aliphatic heterocycles. The zero-order valence-corrected chi connectivity index (χ0v) is 11.3. The molecule has 0 heterocycles. The molecule has 0 spiro atoms. The van der Waals surface area contributed by atoms with Gasteiger partial charge in [0.05, 0.1) is 4.47 Å². The number of benzene rings is 1. The lowest BCUT2D eigenvalue weighted by atomic mass is 10.0. The molecule has 1 aromatic carbocycles. The summed E-state index contributed by atoms with van der Waals surface area (Å²) in [6.45, 7) is 2.18. The van der Waals surface area contributed by atoms with Gasteiger partial charge in [-0.05, 0) is 40.4 Å². The highest BCUT2D eigenvalue weighted by Crippen LogP contribution is 2.22. The molecule has 0 saturated carbocycles. The maximum atomic E-state index is 13.2. The van der Waals surface area contributed by atoms with Crippen molar-refractivity contribution in [1.82, 2.24) is 0 Å². The van der Waals surface area contributed by atoms with Crippen molar-refractivity contribution < 1.29 is 4.39 Å². The van der Waals surface area contributed by atoms with Gasteiger partial charge < -0.3 is 5.73 Å². The molecule has 1 atom stereocenters. The molecule has 0 aliphatic carbocycles. The molecule has 16 heavy (non-hydrogen) atoms. The summed E-state index contributed by atoms with van der Waals surface area (Å²) in [5.74, 6) is -0.210. The average Bonchev–Trinajstić information content (AvgIpc) is 2.25. The maximum Gasteiger partial charge on any atom is 0.137 e. The summed E-state index contributed by atoms with van der Waals surface area (Å²) in [6, 6.07) is 5.24. The van der Waals surface area contributed by atoms with E-state index in [0.29, 0.717) is 4.47 Å². The molecule has 0 radical (unpaired) electrons. The Labute approximate surface area is 105 Å². The van der Waals surface area contributed by atoms with Crippen LogP contribution in [0.15, 0.2) is 22.7 Å². The second-order valence-corrected chi connectivity index (χ2v) is 4.97. The second kappa shape index (κ2) is 7.02. The summed E-state index contributed by atoms with van der Waals surface area (Å²) < 4.78 is 13.8. The molecular weight excluding hydrogens is 269 g/mol. The highest BCUT2D eigenvalue weighted by atomic mass is 79.9. The van der Waals surface area contributed by atoms with Gasteiger partial charge in [0.2, 0.25) is 0 Å². The molecule has 0 amide bonds. The van der Waals surface area contributed by atoms with Gasteiger partial charge in [-0.3, -0.25) is 0 Å². The Hall–Kier alpha value is -0.410. The van der Waals surface area contributed by atoms with E-state index in [9.17, 15) is 4.39 Å². The number of nitrogens with two attached hydrogens (primary N) is 1. The minimum atomic E-state index is -0.210. The first-order valence-corrected chi connectivity index (χ1v) is 6.63. The number of rotatable bonds is 6. The average molecular weight is 288 g/mol. The van der Waals surface area contributed by atoms with Crippen molar-refractivity contribution in [1.29, 1.82) is 0 Å². The lowest BCUT2D eigenvalue weighted by Gasteiger charge is -2.12. The molecule has 2 N–H and O–H groups in total. The van der Waals surface area contributed by atoms with Crippen LogP contribution in [0.1, 0.15) is 38.2 Å². The molecule has 0 bridgehead atoms. The van der Waals surface area contributed by atoms with Crippen LogP contribution in [0.2, 0.25) is 0 Å². The Bertz CT molecular complexity index is 328. The fourth-order valence-corrected chi connectivity index (χ4v) is 2.17. The van der Waals surface area contributed by atoms with Crippen molar-refractivity contribution in [3.8, 4) is 0 Å². The molecule has 0 saturated heterocycles. The van der Waals surface area contributed by atoms with E-state index in [-0.39, 0.29) is 11.9 Å². The van der Waals surface area contributed by atoms with Crippen LogP contribution in [-0.2, 0) is 6.42 Å². The second-order valence-electron chi connectivity index (χ2n) is 4.17. The smallest absolute Gasteiger partial charge is 0.137 e. The van der Waals surface area contributed by atoms with Crippen LogP contribution in [0.5, 0.6) is 0 Å². The van der Waals surface area contributed by atoms with E-state index in [2.05, 4.69) is 22.9 Å². The number of unbranched alkanes of at least 4 members (excludes halogenated alkanes) is 2. The van der Waals surface area contributed by atoms with E-state index >= 15 is 0 Å². The highest BCUT2D eigenvalue weighted by Gasteiger charge is 2.09. The van der Waals surface area contributed by atoms with Gasteiger partial charge in [0.25, 0.3) is 0 Å². The van der Waals surface area contributed by atoms with Crippen LogP contribution in [-0.4, -0.2) is 6.04 Å². The molecule has 0 aromatic heterocycles. The van der Waals surface area contributed by atoms with E-state index < -0.39 is 0 Å². The van der Waals surface area contributed by atoms with E-state index in [4.69, 9.17) is 5.73 Å². The summed E-state index contributed by atoms with van der Waals surface area (Å²) in [7, 11) is 0. The zero-order valence-electron chi connectivity index (χ0n) is 9.68. The largest absolute Gasteiger partial charge is 0.327 e. The molecule has 3 heteroatoms. The van der Waals surface area contributed by atoms with Crippen molar-refractivity contribution in [2.75, 3.05) is 0 Å². The lowest BCUT2D eigenvalue weighted by Crippen LogP contribution is -2.22. The van der Waals surface area contributed by atoms with Gasteiger partial charge in [-0.1, -0.05) is 38.3 Å². The SMILES string of the molecule is CCCCCC(N)Cc1cccc(F)c1Br. The first-order chi connectivity index (χ1) is 7.65. The summed E-state index contributed by atoms with van der Waals surface area (Å²) in [6.07, 6.45) is 5.33. The summed E-state index contributed by atoms with van der Waals surface area (Å²) >= 11 is 3.26. The van der Waals surface area contributed by atoms with E-state index in [1.807, 2.05) is 6.07 Å². The maximum absolute atomic E-state index is 13.2. The summed E-state index contributed by atoms with van der Waals surface area (Å²) in [4.78, 5) is 0. The van der Waals surface area contributed by atoms with E-state index in [1.54, 1.807) is 6.07 Å². The Morgan fingerprint density at radius 2 is 2.12 bits per heavy atom. The fraction of sp³-hybridized carbons (Fsp3) is 0.538. The summed E-state index contributed by atoms with van der Waals surface area (Å²) in [5.41, 5.74) is 6.98. The first kappa shape index (κ1) is 13.7. The minimum Gasteiger partial charge on any atom is -0.327 e. The highest BCUT2D eigenvalue weighted by molar-refractivity contribution is 9.10. The Morgan fingerprint density at radius 1 is 1.38 bits per heavy atom. The van der Waals surface area contributed by atoms with Gasteiger partial charge in [-0.2, -0.15) is 0 Å². The topological polar surface area (TPSA) is 26.0 Å². The predicted octanol–water partition coefficient (Wildman–Crippen LogP) is 4.04. The van der Waals surface area contributed by atoms with Crippen molar-refractivity contribution >= 4 is 15.9 Å². The molecule has 1 unspecified atom stereocenters. The minimum absolute atomic E-state index is 0.129. The third-order valence-electron chi connectivity index (χ3n) is 2.69. The van der Waals surface area contributed by atoms with Crippen LogP contribution < -0.4 is 5.73 Å². The van der Waals surface area contributed by atoms with Crippen LogP contribution in [0.25, 0.3) is 0 Å². The summed E-state index contributed by atoms with van der Waals surface area (Å²) in [5, 5.41) is 0. The Kier molecular flexibility index (Phi) is 5.99. The van der Waals surface area contributed by atoms with Crippen LogP contribution >= 0.6 is 15.9 Å². The van der Waals surface area contributed by atoms with Crippen molar-refractivity contribution in [3.63, 3.8) is 0 Å². The van der Waals surface area contributed by atoms with Crippen LogP contribution in [0, 0.1) is 5.82 Å². The lowest BCUT2D eigenvalue weighted by molar-refractivity contribution is 0.553. The third kappa shape index (κ3) is 4.22. The fourth-order valence-electron chi connectivity index (χ4n) is 1.75. The molecule has 1 nitrogen and oxygen atoms in total. The number of hydrogen-bond acceptors (Lipinski definition) is 1. The van der Waals surface area contributed by atoms with Gasteiger partial charge in [0, 0.05) is 6.04 Å². The molecule has 1 aromatic rings. The van der Waals surface area contributed by atoms with E-state index in [0.717, 1.165) is 24.8 Å². The molecule has 1 rings (SSSR count). The standard InChI is InChI=1S/C13H19BrFN/c1-2-3-4-7-11(16)9-10-6-5-8-12(15)13(10)14/h5-6,8,11H,2-4,7,9,16H2,1H3. The van der Waals surface area contributed by atoms with E-state index in [1.165, 1.54) is 18.9 Å². The van der Waals surface area contributed by atoms with Gasteiger partial charge in [0.15, 0.2) is 0 Å². The molecule has 0 aliphatic rings. The van der Waals surface area contributed by atoms with Gasteiger partial charge in [-0.25, -0.2) is 4.39 Å². The number of halogens is 2. The first-order valence-electron chi connectivity index (χ1n) is 5.83. The van der Waals surface area contributed by atoms with Crippen molar-refractivity contribution in [2.45, 2.75) is 45.1 Å². The molecule has 0 fully saturated rings. The van der Waals surface area contributed by atoms with Gasteiger partial charge in [0.1, 0.15) is 5.82 Å². The van der Waals surface area contributed by atoms with Crippen LogP contribution in [0.3, 0.4) is 0 Å². The predicted molar refractivity (Wildman–Crippen MR) is 69.9 cm³/mol. The molecular formula is C13H19BrFN. The van der Waals surface area contributed by atoms with Crippen LogP contribution in [0.4, 0.5) is 4.39 Å². The van der Waals surface area contributed by atoms with Gasteiger partial charge >= 0.3 is 0 Å². The molecule has 90 valence electrons. The van der Waals surface area contributed by atoms with Gasteiger partial charge in [-0.15, -0.1) is 0 Å². The zero-order chi connectivity index (χ0) is 12.0. The Morgan fingerprint density at radius 3 is 2.81 bits per heavy atom. The van der Waals surface area contributed by atoms with Crippen molar-refractivity contribution in [3.05, 3.63) is 34.1 Å². The monoisotopic (exact) mass is 287 g/mol. The third-order valence-corrected chi connectivity index (χ3v) is 3.58.